The Labute approximate surface area is 200 Å². The fourth-order valence-corrected chi connectivity index (χ4v) is 4.25. The van der Waals surface area contributed by atoms with Gasteiger partial charge < -0.3 is 19.7 Å². The van der Waals surface area contributed by atoms with Crippen molar-refractivity contribution in [2.45, 2.75) is 26.4 Å². The zero-order valence-electron chi connectivity index (χ0n) is 18.4. The lowest BCUT2D eigenvalue weighted by Crippen LogP contribution is -2.43. The monoisotopic (exact) mass is 545 g/mol. The van der Waals surface area contributed by atoms with Crippen LogP contribution in [0.15, 0.2) is 22.5 Å². The average molecular weight is 545 g/mol. The lowest BCUT2D eigenvalue weighted by atomic mass is 9.99. The van der Waals surface area contributed by atoms with Crippen LogP contribution >= 0.6 is 35.3 Å². The number of thiazole rings is 1. The van der Waals surface area contributed by atoms with Crippen LogP contribution in [0.1, 0.15) is 21.8 Å². The van der Waals surface area contributed by atoms with Crippen LogP contribution in [-0.2, 0) is 19.5 Å². The Morgan fingerprint density at radius 1 is 1.27 bits per heavy atom. The van der Waals surface area contributed by atoms with Gasteiger partial charge >= 0.3 is 0 Å². The van der Waals surface area contributed by atoms with E-state index in [1.54, 1.807) is 25.6 Å². The fourth-order valence-electron chi connectivity index (χ4n) is 3.64. The third kappa shape index (κ3) is 6.21. The first-order valence-corrected chi connectivity index (χ1v) is 10.7. The summed E-state index contributed by atoms with van der Waals surface area (Å²) >= 11 is 1.68. The van der Waals surface area contributed by atoms with E-state index in [9.17, 15) is 0 Å². The summed E-state index contributed by atoms with van der Waals surface area (Å²) in [4.78, 5) is 13.5. The number of fused-ring (bicyclic) bond motifs is 1. The lowest BCUT2D eigenvalue weighted by Gasteiger charge is -2.30. The molecule has 2 heterocycles. The van der Waals surface area contributed by atoms with Gasteiger partial charge in [0, 0.05) is 45.7 Å². The van der Waals surface area contributed by atoms with Crippen molar-refractivity contribution in [3.63, 3.8) is 0 Å². The Morgan fingerprint density at radius 3 is 2.57 bits per heavy atom. The van der Waals surface area contributed by atoms with Crippen LogP contribution in [0, 0.1) is 6.92 Å². The number of rotatable bonds is 7. The molecule has 7 nitrogen and oxygen atoms in total. The van der Waals surface area contributed by atoms with Gasteiger partial charge in [0.1, 0.15) is 0 Å². The van der Waals surface area contributed by atoms with Gasteiger partial charge in [-0.05, 0) is 36.6 Å². The maximum Gasteiger partial charge on any atom is 0.193 e. The van der Waals surface area contributed by atoms with Gasteiger partial charge in [-0.1, -0.05) is 0 Å². The number of hydrogen-bond donors (Lipinski definition) is 1. The number of ether oxygens (including phenoxy) is 2. The lowest BCUT2D eigenvalue weighted by molar-refractivity contribution is 0.255. The van der Waals surface area contributed by atoms with E-state index in [0.717, 1.165) is 67.3 Å². The van der Waals surface area contributed by atoms with Gasteiger partial charge in [-0.15, -0.1) is 35.3 Å². The van der Waals surface area contributed by atoms with Crippen molar-refractivity contribution >= 4 is 41.3 Å². The second-order valence-corrected chi connectivity index (χ2v) is 8.25. The number of benzene rings is 1. The fraction of sp³-hybridized carbons (Fsp3) is 0.524. The maximum absolute atomic E-state index is 5.46. The number of methoxy groups -OCH3 is 2. The highest BCUT2D eigenvalue weighted by molar-refractivity contribution is 14.0. The van der Waals surface area contributed by atoms with Crippen molar-refractivity contribution in [3.8, 4) is 11.5 Å². The highest BCUT2D eigenvalue weighted by Gasteiger charge is 2.19. The van der Waals surface area contributed by atoms with E-state index < -0.39 is 0 Å². The Morgan fingerprint density at radius 2 is 1.97 bits per heavy atom. The summed E-state index contributed by atoms with van der Waals surface area (Å²) in [6, 6.07) is 4.22. The van der Waals surface area contributed by atoms with Crippen molar-refractivity contribution in [3.05, 3.63) is 39.3 Å². The van der Waals surface area contributed by atoms with Crippen LogP contribution in [0.3, 0.4) is 0 Å². The molecule has 1 aromatic heterocycles. The zero-order chi connectivity index (χ0) is 20.8. The van der Waals surface area contributed by atoms with Crippen molar-refractivity contribution in [1.29, 1.82) is 0 Å². The summed E-state index contributed by atoms with van der Waals surface area (Å²) in [5, 5.41) is 6.67. The molecule has 3 rings (SSSR count). The Kier molecular flexibility index (Phi) is 9.63. The molecule has 0 amide bonds. The zero-order valence-corrected chi connectivity index (χ0v) is 21.5. The van der Waals surface area contributed by atoms with Crippen molar-refractivity contribution < 1.29 is 9.47 Å². The molecule has 1 aromatic carbocycles. The van der Waals surface area contributed by atoms with E-state index in [4.69, 9.17) is 9.47 Å². The number of nitrogens with zero attached hydrogens (tertiary/aromatic N) is 4. The van der Waals surface area contributed by atoms with Crippen LogP contribution in [0.4, 0.5) is 0 Å². The minimum absolute atomic E-state index is 0. The number of aryl methyl sites for hydroxylation is 1. The second-order valence-electron chi connectivity index (χ2n) is 7.19. The highest BCUT2D eigenvalue weighted by Crippen LogP contribution is 2.33. The van der Waals surface area contributed by atoms with Crippen LogP contribution < -0.4 is 14.8 Å². The molecule has 9 heteroatoms. The summed E-state index contributed by atoms with van der Waals surface area (Å²) < 4.78 is 10.9. The van der Waals surface area contributed by atoms with Gasteiger partial charge in [-0.2, -0.15) is 0 Å². The summed E-state index contributed by atoms with van der Waals surface area (Å²) in [6.07, 6.45) is 1.02. The molecular weight excluding hydrogens is 513 g/mol. The first kappa shape index (κ1) is 24.7. The first-order valence-electron chi connectivity index (χ1n) is 9.83. The molecular formula is C21H32IN5O2S. The predicted molar refractivity (Wildman–Crippen MR) is 134 cm³/mol. The minimum atomic E-state index is 0. The number of aromatic nitrogens is 1. The molecule has 0 radical (unpaired) electrons. The largest absolute Gasteiger partial charge is 0.493 e. The van der Waals surface area contributed by atoms with E-state index in [1.807, 2.05) is 21.0 Å². The molecule has 2 aromatic rings. The number of guanidine groups is 1. The standard InChI is InChI=1S/C21H31N5O2S.HI/c1-15-24-18(14-29-15)13-25(3)21(22-2)23-7-9-26-8-6-16-10-19(27-4)20(28-5)11-17(16)12-26;/h10-11,14H,6-9,12-13H2,1-5H3,(H,22,23);1H. The normalized spacial score (nSPS) is 14.0. The molecule has 0 atom stereocenters. The molecule has 0 bridgehead atoms. The smallest absolute Gasteiger partial charge is 0.193 e. The van der Waals surface area contributed by atoms with Gasteiger partial charge in [0.2, 0.25) is 0 Å². The molecule has 1 aliphatic heterocycles. The van der Waals surface area contributed by atoms with Crippen molar-refractivity contribution in [2.75, 3.05) is 47.9 Å². The quantitative estimate of drug-likeness (QED) is 0.328. The van der Waals surface area contributed by atoms with Gasteiger partial charge in [-0.3, -0.25) is 9.89 Å². The SMILES string of the molecule is CN=C(NCCN1CCc2cc(OC)c(OC)cc2C1)N(C)Cc1csc(C)n1.I. The maximum atomic E-state index is 5.46. The molecule has 0 aliphatic carbocycles. The van der Waals surface area contributed by atoms with E-state index in [1.165, 1.54) is 11.1 Å². The summed E-state index contributed by atoms with van der Waals surface area (Å²) in [5.74, 6) is 2.49. The number of halogens is 1. The van der Waals surface area contributed by atoms with Crippen LogP contribution in [0.5, 0.6) is 11.5 Å². The Balaban J connectivity index is 0.00000320. The third-order valence-corrected chi connectivity index (χ3v) is 5.97. The van der Waals surface area contributed by atoms with E-state index >= 15 is 0 Å². The van der Waals surface area contributed by atoms with E-state index in [2.05, 4.69) is 42.6 Å². The van der Waals surface area contributed by atoms with Crippen molar-refractivity contribution in [2.24, 2.45) is 4.99 Å². The average Bonchev–Trinajstić information content (AvgIpc) is 3.14. The molecule has 1 aliphatic rings. The van der Waals surface area contributed by atoms with Gasteiger partial charge in [0.15, 0.2) is 17.5 Å². The summed E-state index contributed by atoms with van der Waals surface area (Å²) in [6.45, 7) is 6.54. The topological polar surface area (TPSA) is 62.2 Å². The highest BCUT2D eigenvalue weighted by atomic mass is 127. The Hall–Kier alpha value is -1.59. The van der Waals surface area contributed by atoms with Crippen LogP contribution in [0.25, 0.3) is 0 Å². The molecule has 0 saturated heterocycles. The molecule has 0 unspecified atom stereocenters. The van der Waals surface area contributed by atoms with Crippen LogP contribution in [0.2, 0.25) is 0 Å². The molecule has 0 saturated carbocycles. The second kappa shape index (κ2) is 11.7. The third-order valence-electron chi connectivity index (χ3n) is 5.15. The summed E-state index contributed by atoms with van der Waals surface area (Å²) in [7, 11) is 7.23. The molecule has 1 N–H and O–H groups in total. The predicted octanol–water partition coefficient (Wildman–Crippen LogP) is 3.15. The number of hydrogen-bond acceptors (Lipinski definition) is 6. The van der Waals surface area contributed by atoms with Crippen molar-refractivity contribution in [1.82, 2.24) is 20.1 Å². The number of nitrogens with one attached hydrogen (secondary N) is 1. The Bertz CT molecular complexity index is 858. The molecule has 30 heavy (non-hydrogen) atoms. The number of aliphatic imine (C=N–C) groups is 1. The van der Waals surface area contributed by atoms with E-state index in [-0.39, 0.29) is 24.0 Å². The van der Waals surface area contributed by atoms with Crippen LogP contribution in [-0.4, -0.2) is 68.7 Å². The first-order chi connectivity index (χ1) is 14.0. The minimum Gasteiger partial charge on any atom is -0.493 e. The van der Waals surface area contributed by atoms with Gasteiger partial charge in [0.25, 0.3) is 0 Å². The summed E-state index contributed by atoms with van der Waals surface area (Å²) in [5.41, 5.74) is 3.74. The molecule has 0 spiro atoms. The van der Waals surface area contributed by atoms with E-state index in [0.29, 0.717) is 0 Å². The molecule has 166 valence electrons. The van der Waals surface area contributed by atoms with Gasteiger partial charge in [0.05, 0.1) is 31.5 Å². The van der Waals surface area contributed by atoms with Gasteiger partial charge in [-0.25, -0.2) is 4.98 Å². The molecule has 0 fully saturated rings.